The molecule has 0 spiro atoms. The fraction of sp³-hybridized carbons (Fsp3) is 0.548. The van der Waals surface area contributed by atoms with E-state index in [0.717, 1.165) is 42.0 Å². The number of phenolic OH excluding ortho intramolecular Hbond substituents is 1. The largest absolute Gasteiger partial charge is 0.508 e. The van der Waals surface area contributed by atoms with E-state index in [4.69, 9.17) is 14.7 Å². The van der Waals surface area contributed by atoms with Gasteiger partial charge in [0.1, 0.15) is 18.2 Å². The van der Waals surface area contributed by atoms with Crippen molar-refractivity contribution < 1.29 is 14.6 Å². The lowest BCUT2D eigenvalue weighted by molar-refractivity contribution is -0.128. The fourth-order valence-corrected chi connectivity index (χ4v) is 6.35. The highest BCUT2D eigenvalue weighted by molar-refractivity contribution is 5.87. The van der Waals surface area contributed by atoms with Gasteiger partial charge in [0, 0.05) is 50.9 Å². The van der Waals surface area contributed by atoms with Gasteiger partial charge in [-0.05, 0) is 61.7 Å². The molecule has 2 saturated heterocycles. The van der Waals surface area contributed by atoms with Crippen molar-refractivity contribution in [3.63, 3.8) is 0 Å². The average molecular weight is 560 g/mol. The maximum Gasteiger partial charge on any atom is 0.318 e. The highest BCUT2D eigenvalue weighted by Crippen LogP contribution is 2.35. The molecule has 1 aromatic heterocycles. The summed E-state index contributed by atoms with van der Waals surface area (Å²) in [6.45, 7) is 13.2. The Morgan fingerprint density at radius 2 is 2.07 bits per heavy atom. The molecule has 0 unspecified atom stereocenters. The number of anilines is 1. The van der Waals surface area contributed by atoms with Gasteiger partial charge < -0.3 is 24.5 Å². The third-order valence-electron chi connectivity index (χ3n) is 8.59. The van der Waals surface area contributed by atoms with Gasteiger partial charge in [0.15, 0.2) is 0 Å². The monoisotopic (exact) mass is 559 g/mol. The number of fused-ring (bicyclic) bond motifs is 1. The van der Waals surface area contributed by atoms with E-state index in [9.17, 15) is 15.2 Å². The SMILES string of the molecule is C=CC(=O)N1CCN(c2nc(OC[C@@H]3CCCN3C)nc3c2CN(Cc2cc(O)ccc2C(C)C)C3)C[C@@H]1CC#N. The summed E-state index contributed by atoms with van der Waals surface area (Å²) < 4.78 is 6.22. The maximum absolute atomic E-state index is 12.5. The standard InChI is InChI=1S/C31H41N7O3/c1-5-29(40)38-14-13-37(17-23(38)10-11-32)30-27-18-36(16-22-15-25(39)8-9-26(22)21(2)3)19-28(27)33-31(34-30)41-20-24-7-6-12-35(24)4/h5,8-9,15,21,23-24,39H,1,6-7,10,12-14,16-20H2,2-4H3/t23-,24-/m0/s1. The summed E-state index contributed by atoms with van der Waals surface area (Å²) in [6.07, 6.45) is 3.82. The highest BCUT2D eigenvalue weighted by atomic mass is 16.5. The van der Waals surface area contributed by atoms with Crippen LogP contribution in [0.4, 0.5) is 5.82 Å². The molecule has 2 fully saturated rings. The predicted molar refractivity (Wildman–Crippen MR) is 156 cm³/mol. The van der Waals surface area contributed by atoms with Gasteiger partial charge in [0.25, 0.3) is 0 Å². The Kier molecular flexibility index (Phi) is 8.76. The van der Waals surface area contributed by atoms with Crippen LogP contribution in [0.25, 0.3) is 0 Å². The zero-order chi connectivity index (χ0) is 29.1. The topological polar surface area (TPSA) is 109 Å². The van der Waals surface area contributed by atoms with Crippen molar-refractivity contribution in [2.45, 2.75) is 70.7 Å². The number of likely N-dealkylation sites (tertiary alicyclic amines) is 1. The van der Waals surface area contributed by atoms with Crippen LogP contribution >= 0.6 is 0 Å². The van der Waals surface area contributed by atoms with Crippen molar-refractivity contribution in [3.8, 4) is 17.8 Å². The molecule has 0 radical (unpaired) electrons. The van der Waals surface area contributed by atoms with Crippen LogP contribution in [0.1, 0.15) is 61.4 Å². The molecule has 1 N–H and O–H groups in total. The number of likely N-dealkylation sites (N-methyl/N-ethyl adjacent to an activating group) is 1. The Balaban J connectivity index is 1.42. The number of rotatable bonds is 9. The van der Waals surface area contributed by atoms with Gasteiger partial charge >= 0.3 is 6.01 Å². The van der Waals surface area contributed by atoms with Crippen molar-refractivity contribution >= 4 is 11.7 Å². The molecule has 0 aliphatic carbocycles. The minimum absolute atomic E-state index is 0.152. The number of phenols is 1. The maximum atomic E-state index is 12.5. The highest BCUT2D eigenvalue weighted by Gasteiger charge is 2.34. The van der Waals surface area contributed by atoms with Crippen LogP contribution in [0.3, 0.4) is 0 Å². The first-order valence-corrected chi connectivity index (χ1v) is 14.6. The Morgan fingerprint density at radius 3 is 2.78 bits per heavy atom. The lowest BCUT2D eigenvalue weighted by Gasteiger charge is -2.41. The predicted octanol–water partition coefficient (Wildman–Crippen LogP) is 3.41. The van der Waals surface area contributed by atoms with Crippen LogP contribution in [0.2, 0.25) is 0 Å². The van der Waals surface area contributed by atoms with Gasteiger partial charge in [-0.15, -0.1) is 0 Å². The van der Waals surface area contributed by atoms with Crippen LogP contribution < -0.4 is 9.64 Å². The Bertz CT molecular complexity index is 1320. The number of nitrogens with zero attached hydrogens (tertiary/aromatic N) is 7. The molecular weight excluding hydrogens is 518 g/mol. The third-order valence-corrected chi connectivity index (χ3v) is 8.59. The molecule has 218 valence electrons. The number of piperazine rings is 1. The van der Waals surface area contributed by atoms with Gasteiger partial charge in [0.2, 0.25) is 5.91 Å². The Hall–Kier alpha value is -3.68. The minimum Gasteiger partial charge on any atom is -0.508 e. The summed E-state index contributed by atoms with van der Waals surface area (Å²) in [6, 6.07) is 8.34. The first-order chi connectivity index (χ1) is 19.8. The van der Waals surface area contributed by atoms with E-state index in [1.165, 1.54) is 11.6 Å². The van der Waals surface area contributed by atoms with E-state index >= 15 is 0 Å². The van der Waals surface area contributed by atoms with E-state index in [-0.39, 0.29) is 24.1 Å². The molecule has 5 rings (SSSR count). The van der Waals surface area contributed by atoms with Crippen molar-refractivity contribution in [2.24, 2.45) is 0 Å². The molecule has 10 nitrogen and oxygen atoms in total. The molecule has 1 aromatic carbocycles. The fourth-order valence-electron chi connectivity index (χ4n) is 6.35. The Morgan fingerprint density at radius 1 is 1.24 bits per heavy atom. The van der Waals surface area contributed by atoms with Crippen LogP contribution in [0.5, 0.6) is 11.8 Å². The molecule has 4 heterocycles. The van der Waals surface area contributed by atoms with Crippen LogP contribution in [0.15, 0.2) is 30.9 Å². The van der Waals surface area contributed by atoms with Crippen LogP contribution in [0, 0.1) is 11.3 Å². The molecule has 0 bridgehead atoms. The van der Waals surface area contributed by atoms with E-state index in [1.54, 1.807) is 11.0 Å². The zero-order valence-corrected chi connectivity index (χ0v) is 24.4. The second-order valence-corrected chi connectivity index (χ2v) is 11.7. The van der Waals surface area contributed by atoms with E-state index in [2.05, 4.69) is 48.2 Å². The van der Waals surface area contributed by atoms with Gasteiger partial charge in [-0.25, -0.2) is 0 Å². The lowest BCUT2D eigenvalue weighted by Crippen LogP contribution is -2.55. The van der Waals surface area contributed by atoms with Gasteiger partial charge in [-0.2, -0.15) is 15.2 Å². The van der Waals surface area contributed by atoms with Gasteiger partial charge in [-0.3, -0.25) is 9.69 Å². The van der Waals surface area contributed by atoms with Crippen LogP contribution in [-0.2, 0) is 24.4 Å². The molecular formula is C31H41N7O3. The smallest absolute Gasteiger partial charge is 0.318 e. The number of aromatic hydroxyl groups is 1. The van der Waals surface area contributed by atoms with Gasteiger partial charge in [-0.1, -0.05) is 26.5 Å². The molecule has 3 aliphatic rings. The lowest BCUT2D eigenvalue weighted by atomic mass is 9.96. The number of carbonyl (C=O) groups excluding carboxylic acids is 1. The number of hydrogen-bond acceptors (Lipinski definition) is 9. The average Bonchev–Trinajstić information content (AvgIpc) is 3.55. The molecule has 3 aliphatic heterocycles. The first-order valence-electron chi connectivity index (χ1n) is 14.6. The van der Waals surface area contributed by atoms with Gasteiger partial charge in [0.05, 0.1) is 24.2 Å². The van der Waals surface area contributed by atoms with Crippen molar-refractivity contribution in [3.05, 3.63) is 53.2 Å². The number of carbonyl (C=O) groups is 1. The van der Waals surface area contributed by atoms with E-state index in [1.807, 2.05) is 12.1 Å². The molecule has 2 aromatic rings. The molecule has 41 heavy (non-hydrogen) atoms. The Labute approximate surface area is 242 Å². The van der Waals surface area contributed by atoms with E-state index in [0.29, 0.717) is 63.8 Å². The quantitative estimate of drug-likeness (QED) is 0.462. The second-order valence-electron chi connectivity index (χ2n) is 11.7. The molecule has 1 amide bonds. The number of nitriles is 1. The number of benzene rings is 1. The van der Waals surface area contributed by atoms with Crippen molar-refractivity contribution in [1.29, 1.82) is 5.26 Å². The second kappa shape index (κ2) is 12.5. The first kappa shape index (κ1) is 28.8. The normalized spacial score (nSPS) is 21.2. The number of hydrogen-bond donors (Lipinski definition) is 1. The minimum atomic E-state index is -0.250. The third kappa shape index (κ3) is 6.31. The summed E-state index contributed by atoms with van der Waals surface area (Å²) in [4.78, 5) is 30.9. The van der Waals surface area contributed by atoms with Crippen molar-refractivity contribution in [1.82, 2.24) is 24.7 Å². The summed E-state index contributed by atoms with van der Waals surface area (Å²) in [5.41, 5.74) is 4.32. The van der Waals surface area contributed by atoms with E-state index < -0.39 is 0 Å². The molecule has 10 heteroatoms. The van der Waals surface area contributed by atoms with Crippen LogP contribution in [-0.4, -0.2) is 87.6 Å². The summed E-state index contributed by atoms with van der Waals surface area (Å²) in [5, 5.41) is 19.7. The number of amides is 1. The number of aromatic nitrogens is 2. The summed E-state index contributed by atoms with van der Waals surface area (Å²) >= 11 is 0. The molecule has 2 atom stereocenters. The number of ether oxygens (including phenoxy) is 1. The summed E-state index contributed by atoms with van der Waals surface area (Å²) in [7, 11) is 2.13. The zero-order valence-electron chi connectivity index (χ0n) is 24.4. The molecule has 0 saturated carbocycles. The summed E-state index contributed by atoms with van der Waals surface area (Å²) in [5.74, 6) is 1.28. The van der Waals surface area contributed by atoms with Crippen molar-refractivity contribution in [2.75, 3.05) is 44.7 Å².